The van der Waals surface area contributed by atoms with Gasteiger partial charge < -0.3 is 5.73 Å². The SMILES string of the molecule is NCCS(=O)(=O)CC1C2CC3CC(C2)CC1C3. The van der Waals surface area contributed by atoms with Crippen LogP contribution in [-0.4, -0.2) is 26.5 Å². The molecule has 98 valence electrons. The molecule has 0 atom stereocenters. The minimum absolute atomic E-state index is 0.176. The smallest absolute Gasteiger partial charge is 0.151 e. The highest BCUT2D eigenvalue weighted by Crippen LogP contribution is 2.56. The Morgan fingerprint density at radius 2 is 1.47 bits per heavy atom. The van der Waals surface area contributed by atoms with E-state index in [1.165, 1.54) is 32.1 Å². The molecular weight excluding hydrogens is 234 g/mol. The van der Waals surface area contributed by atoms with Crippen molar-refractivity contribution in [1.82, 2.24) is 0 Å². The van der Waals surface area contributed by atoms with Gasteiger partial charge in [-0.3, -0.25) is 0 Å². The van der Waals surface area contributed by atoms with Gasteiger partial charge in [-0.1, -0.05) is 0 Å². The van der Waals surface area contributed by atoms with E-state index < -0.39 is 9.84 Å². The molecule has 0 aromatic rings. The Morgan fingerprint density at radius 3 is 1.94 bits per heavy atom. The zero-order chi connectivity index (χ0) is 12.0. The molecule has 4 rings (SSSR count). The molecule has 0 aromatic heterocycles. The minimum Gasteiger partial charge on any atom is -0.329 e. The van der Waals surface area contributed by atoms with E-state index in [0.717, 1.165) is 11.8 Å². The van der Waals surface area contributed by atoms with Crippen LogP contribution in [0.1, 0.15) is 32.1 Å². The maximum atomic E-state index is 11.9. The molecular formula is C13H23NO2S. The summed E-state index contributed by atoms with van der Waals surface area (Å²) < 4.78 is 23.9. The maximum absolute atomic E-state index is 11.9. The number of hydrogen-bond acceptors (Lipinski definition) is 3. The van der Waals surface area contributed by atoms with Crippen LogP contribution in [0, 0.1) is 29.6 Å². The fourth-order valence-corrected chi connectivity index (χ4v) is 6.52. The lowest BCUT2D eigenvalue weighted by atomic mass is 9.52. The fourth-order valence-electron chi connectivity index (χ4n) is 4.87. The van der Waals surface area contributed by atoms with Crippen molar-refractivity contribution in [2.75, 3.05) is 18.1 Å². The second kappa shape index (κ2) is 4.23. The zero-order valence-corrected chi connectivity index (χ0v) is 11.2. The van der Waals surface area contributed by atoms with Crippen LogP contribution in [0.5, 0.6) is 0 Å². The van der Waals surface area contributed by atoms with E-state index in [1.54, 1.807) is 0 Å². The predicted molar refractivity (Wildman–Crippen MR) is 68.2 cm³/mol. The van der Waals surface area contributed by atoms with Crippen molar-refractivity contribution in [3.05, 3.63) is 0 Å². The quantitative estimate of drug-likeness (QED) is 0.829. The summed E-state index contributed by atoms with van der Waals surface area (Å²) in [5.41, 5.74) is 5.39. The maximum Gasteiger partial charge on any atom is 0.151 e. The first-order valence-electron chi connectivity index (χ1n) is 6.98. The molecule has 4 aliphatic rings. The van der Waals surface area contributed by atoms with Crippen molar-refractivity contribution in [1.29, 1.82) is 0 Å². The summed E-state index contributed by atoms with van der Waals surface area (Å²) >= 11 is 0. The lowest BCUT2D eigenvalue weighted by molar-refractivity contribution is -0.0268. The molecule has 0 heterocycles. The van der Waals surface area contributed by atoms with Gasteiger partial charge in [0.2, 0.25) is 0 Å². The van der Waals surface area contributed by atoms with E-state index in [0.29, 0.717) is 23.5 Å². The third-order valence-corrected chi connectivity index (χ3v) is 7.05. The molecule has 4 fully saturated rings. The van der Waals surface area contributed by atoms with Gasteiger partial charge in [0.1, 0.15) is 0 Å². The van der Waals surface area contributed by atoms with Crippen LogP contribution >= 0.6 is 0 Å². The van der Waals surface area contributed by atoms with Crippen LogP contribution in [0.2, 0.25) is 0 Å². The van der Waals surface area contributed by atoms with E-state index in [-0.39, 0.29) is 12.3 Å². The van der Waals surface area contributed by atoms with E-state index in [2.05, 4.69) is 0 Å². The number of nitrogens with two attached hydrogens (primary N) is 1. The fraction of sp³-hybridized carbons (Fsp3) is 1.00. The summed E-state index contributed by atoms with van der Waals surface area (Å²) in [6.45, 7) is 0.273. The van der Waals surface area contributed by atoms with E-state index in [4.69, 9.17) is 5.73 Å². The third-order valence-electron chi connectivity index (χ3n) is 5.30. The highest BCUT2D eigenvalue weighted by molar-refractivity contribution is 7.91. The van der Waals surface area contributed by atoms with Crippen LogP contribution in [0.15, 0.2) is 0 Å². The molecule has 4 saturated carbocycles. The summed E-state index contributed by atoms with van der Waals surface area (Å²) in [5, 5.41) is 0. The summed E-state index contributed by atoms with van der Waals surface area (Å²) in [5.74, 6) is 4.31. The van der Waals surface area contributed by atoms with Gasteiger partial charge in [-0.25, -0.2) is 8.42 Å². The van der Waals surface area contributed by atoms with Crippen molar-refractivity contribution in [2.45, 2.75) is 32.1 Å². The molecule has 4 aliphatic carbocycles. The first kappa shape index (κ1) is 12.0. The van der Waals surface area contributed by atoms with Crippen molar-refractivity contribution in [3.63, 3.8) is 0 Å². The van der Waals surface area contributed by atoms with Gasteiger partial charge in [0.25, 0.3) is 0 Å². The lowest BCUT2D eigenvalue weighted by Crippen LogP contribution is -2.47. The average Bonchev–Trinajstić information content (AvgIpc) is 2.22. The lowest BCUT2D eigenvalue weighted by Gasteiger charge is -2.54. The van der Waals surface area contributed by atoms with E-state index in [9.17, 15) is 8.42 Å². The molecule has 0 spiro atoms. The van der Waals surface area contributed by atoms with Crippen molar-refractivity contribution < 1.29 is 8.42 Å². The Hall–Kier alpha value is -0.0900. The summed E-state index contributed by atoms with van der Waals surface area (Å²) in [6.07, 6.45) is 6.63. The summed E-state index contributed by atoms with van der Waals surface area (Å²) in [6, 6.07) is 0. The van der Waals surface area contributed by atoms with Crippen LogP contribution in [0.4, 0.5) is 0 Å². The van der Waals surface area contributed by atoms with E-state index >= 15 is 0 Å². The standard InChI is InChI=1S/C13H23NO2S/c14-1-2-17(15,16)8-13-11-4-9-3-10(6-11)7-12(13)5-9/h9-13H,1-8,14H2. The number of sulfone groups is 1. The van der Waals surface area contributed by atoms with Crippen LogP contribution in [0.3, 0.4) is 0 Å². The van der Waals surface area contributed by atoms with Crippen LogP contribution < -0.4 is 5.73 Å². The Balaban J connectivity index is 1.72. The molecule has 17 heavy (non-hydrogen) atoms. The monoisotopic (exact) mass is 257 g/mol. The molecule has 0 aliphatic heterocycles. The molecule has 0 aromatic carbocycles. The van der Waals surface area contributed by atoms with Crippen molar-refractivity contribution >= 4 is 9.84 Å². The van der Waals surface area contributed by atoms with Gasteiger partial charge in [-0.2, -0.15) is 0 Å². The predicted octanol–water partition coefficient (Wildman–Crippen LogP) is 1.43. The van der Waals surface area contributed by atoms with Gasteiger partial charge in [-0.05, 0) is 61.7 Å². The number of rotatable bonds is 4. The molecule has 2 N–H and O–H groups in total. The van der Waals surface area contributed by atoms with Crippen molar-refractivity contribution in [2.24, 2.45) is 35.3 Å². The third kappa shape index (κ3) is 2.26. The molecule has 3 nitrogen and oxygen atoms in total. The molecule has 0 unspecified atom stereocenters. The van der Waals surface area contributed by atoms with Gasteiger partial charge in [0, 0.05) is 6.54 Å². The highest BCUT2D eigenvalue weighted by atomic mass is 32.2. The van der Waals surface area contributed by atoms with Crippen LogP contribution in [0.25, 0.3) is 0 Å². The zero-order valence-electron chi connectivity index (χ0n) is 10.3. The molecule has 0 amide bonds. The first-order chi connectivity index (χ1) is 8.07. The second-order valence-electron chi connectivity index (χ2n) is 6.50. The average molecular weight is 257 g/mol. The molecule has 0 saturated heterocycles. The van der Waals surface area contributed by atoms with E-state index in [1.807, 2.05) is 0 Å². The van der Waals surface area contributed by atoms with Crippen molar-refractivity contribution in [3.8, 4) is 0 Å². The normalized spacial score (nSPS) is 44.2. The molecule has 4 bridgehead atoms. The Labute approximate surface area is 104 Å². The topological polar surface area (TPSA) is 60.2 Å². The van der Waals surface area contributed by atoms with Gasteiger partial charge in [0.05, 0.1) is 11.5 Å². The largest absolute Gasteiger partial charge is 0.329 e. The summed E-state index contributed by atoms with van der Waals surface area (Å²) in [7, 11) is -2.90. The molecule has 4 heteroatoms. The first-order valence-corrected chi connectivity index (χ1v) is 8.80. The Morgan fingerprint density at radius 1 is 0.941 bits per heavy atom. The van der Waals surface area contributed by atoms with Gasteiger partial charge in [0.15, 0.2) is 9.84 Å². The van der Waals surface area contributed by atoms with Crippen LogP contribution in [-0.2, 0) is 9.84 Å². The Bertz CT molecular complexity index is 362. The molecule has 0 radical (unpaired) electrons. The Kier molecular flexibility index (Phi) is 2.98. The highest BCUT2D eigenvalue weighted by Gasteiger charge is 2.48. The number of hydrogen-bond donors (Lipinski definition) is 1. The van der Waals surface area contributed by atoms with Gasteiger partial charge >= 0.3 is 0 Å². The summed E-state index contributed by atoms with van der Waals surface area (Å²) in [4.78, 5) is 0. The van der Waals surface area contributed by atoms with Gasteiger partial charge in [-0.15, -0.1) is 0 Å². The second-order valence-corrected chi connectivity index (χ2v) is 8.73. The minimum atomic E-state index is -2.90.